The molecule has 108 valence electrons. The molecule has 0 bridgehead atoms. The van der Waals surface area contributed by atoms with Crippen LogP contribution in [-0.4, -0.2) is 29.8 Å². The van der Waals surface area contributed by atoms with Gasteiger partial charge < -0.3 is 14.6 Å². The summed E-state index contributed by atoms with van der Waals surface area (Å²) >= 11 is 0. The average Bonchev–Trinajstić information content (AvgIpc) is 2.86. The minimum Gasteiger partial charge on any atom is -0.383 e. The van der Waals surface area contributed by atoms with Gasteiger partial charge in [-0.1, -0.05) is 0 Å². The molecule has 2 rings (SSSR count). The maximum absolute atomic E-state index is 13.6. The van der Waals surface area contributed by atoms with E-state index in [0.717, 1.165) is 18.0 Å². The zero-order chi connectivity index (χ0) is 14.4. The van der Waals surface area contributed by atoms with E-state index in [2.05, 4.69) is 10.3 Å². The summed E-state index contributed by atoms with van der Waals surface area (Å²) in [6.45, 7) is 2.12. The van der Waals surface area contributed by atoms with Crippen molar-refractivity contribution in [1.29, 1.82) is 0 Å². The highest BCUT2D eigenvalue weighted by Crippen LogP contribution is 2.12. The highest BCUT2D eigenvalue weighted by Gasteiger charge is 2.08. The Morgan fingerprint density at radius 3 is 3.00 bits per heavy atom. The fourth-order valence-corrected chi connectivity index (χ4v) is 1.87. The summed E-state index contributed by atoms with van der Waals surface area (Å²) in [6.07, 6.45) is 3.39. The van der Waals surface area contributed by atoms with Crippen LogP contribution in [0, 0.1) is 11.6 Å². The van der Waals surface area contributed by atoms with Gasteiger partial charge in [-0.3, -0.25) is 0 Å². The van der Waals surface area contributed by atoms with E-state index in [1.807, 2.05) is 0 Å². The van der Waals surface area contributed by atoms with Crippen molar-refractivity contribution >= 4 is 0 Å². The summed E-state index contributed by atoms with van der Waals surface area (Å²) in [5.74, 6) is -0.0931. The van der Waals surface area contributed by atoms with Crippen molar-refractivity contribution in [1.82, 2.24) is 14.9 Å². The molecule has 1 aromatic carbocycles. The summed E-state index contributed by atoms with van der Waals surface area (Å²) in [6, 6.07) is 3.45. The van der Waals surface area contributed by atoms with E-state index < -0.39 is 11.6 Å². The van der Waals surface area contributed by atoms with Crippen LogP contribution in [0.4, 0.5) is 8.78 Å². The summed E-state index contributed by atoms with van der Waals surface area (Å²) < 4.78 is 33.5. The quantitative estimate of drug-likeness (QED) is 0.788. The molecule has 0 saturated carbocycles. The van der Waals surface area contributed by atoms with Gasteiger partial charge in [0.1, 0.15) is 17.5 Å². The standard InChI is InChI=1S/C14H17F2N3O/c1-20-7-5-17-9-14-18-4-6-19(14)10-11-8-12(15)2-3-13(11)16/h2-4,6,8,17H,5,7,9-10H2,1H3. The molecule has 0 aliphatic heterocycles. The van der Waals surface area contributed by atoms with Crippen molar-refractivity contribution in [3.05, 3.63) is 53.6 Å². The van der Waals surface area contributed by atoms with E-state index in [1.165, 1.54) is 6.07 Å². The average molecular weight is 281 g/mol. The topological polar surface area (TPSA) is 39.1 Å². The fourth-order valence-electron chi connectivity index (χ4n) is 1.87. The van der Waals surface area contributed by atoms with E-state index >= 15 is 0 Å². The lowest BCUT2D eigenvalue weighted by Gasteiger charge is -2.10. The molecule has 6 heteroatoms. The van der Waals surface area contributed by atoms with Crippen molar-refractivity contribution in [2.75, 3.05) is 20.3 Å². The van der Waals surface area contributed by atoms with Crippen LogP contribution in [0.2, 0.25) is 0 Å². The minimum absolute atomic E-state index is 0.255. The van der Waals surface area contributed by atoms with Gasteiger partial charge >= 0.3 is 0 Å². The summed E-state index contributed by atoms with van der Waals surface area (Å²) in [5.41, 5.74) is 0.307. The second-order valence-electron chi connectivity index (χ2n) is 4.38. The molecule has 0 aliphatic rings. The first-order chi connectivity index (χ1) is 9.70. The third-order valence-electron chi connectivity index (χ3n) is 2.92. The molecule has 0 radical (unpaired) electrons. The van der Waals surface area contributed by atoms with Gasteiger partial charge in [0.2, 0.25) is 0 Å². The first-order valence-electron chi connectivity index (χ1n) is 6.34. The number of hydrogen-bond donors (Lipinski definition) is 1. The van der Waals surface area contributed by atoms with E-state index in [-0.39, 0.29) is 6.54 Å². The molecule has 0 atom stereocenters. The second-order valence-corrected chi connectivity index (χ2v) is 4.38. The third kappa shape index (κ3) is 3.85. The maximum atomic E-state index is 13.6. The van der Waals surface area contributed by atoms with E-state index in [1.54, 1.807) is 24.1 Å². The number of rotatable bonds is 7. The summed E-state index contributed by atoms with van der Waals surface area (Å²) in [7, 11) is 1.63. The molecule has 4 nitrogen and oxygen atoms in total. The van der Waals surface area contributed by atoms with Crippen LogP contribution >= 0.6 is 0 Å². The highest BCUT2D eigenvalue weighted by atomic mass is 19.1. The van der Waals surface area contributed by atoms with Gasteiger partial charge in [-0.25, -0.2) is 13.8 Å². The van der Waals surface area contributed by atoms with Crippen LogP contribution in [0.15, 0.2) is 30.6 Å². The number of aromatic nitrogens is 2. The molecule has 1 heterocycles. The molecule has 0 saturated heterocycles. The zero-order valence-electron chi connectivity index (χ0n) is 11.3. The molecule has 0 spiro atoms. The summed E-state index contributed by atoms with van der Waals surface area (Å²) in [5, 5.41) is 3.16. The van der Waals surface area contributed by atoms with E-state index in [0.29, 0.717) is 25.3 Å². The van der Waals surface area contributed by atoms with Gasteiger partial charge in [0, 0.05) is 31.6 Å². The number of hydrogen-bond acceptors (Lipinski definition) is 3. The highest BCUT2D eigenvalue weighted by molar-refractivity contribution is 5.19. The predicted molar refractivity (Wildman–Crippen MR) is 71.3 cm³/mol. The Labute approximate surface area is 116 Å². The van der Waals surface area contributed by atoms with E-state index in [4.69, 9.17) is 4.74 Å². The first-order valence-corrected chi connectivity index (χ1v) is 6.34. The Morgan fingerprint density at radius 2 is 2.20 bits per heavy atom. The van der Waals surface area contributed by atoms with E-state index in [9.17, 15) is 8.78 Å². The van der Waals surface area contributed by atoms with Gasteiger partial charge in [0.25, 0.3) is 0 Å². The molecule has 0 fully saturated rings. The number of nitrogens with one attached hydrogen (secondary N) is 1. The maximum Gasteiger partial charge on any atom is 0.128 e. The lowest BCUT2D eigenvalue weighted by atomic mass is 10.2. The normalized spacial score (nSPS) is 10.9. The Bertz CT molecular complexity index is 557. The molecule has 20 heavy (non-hydrogen) atoms. The molecule has 0 unspecified atom stereocenters. The Hall–Kier alpha value is -1.79. The van der Waals surface area contributed by atoms with Crippen LogP contribution < -0.4 is 5.32 Å². The zero-order valence-corrected chi connectivity index (χ0v) is 11.3. The predicted octanol–water partition coefficient (Wildman–Crippen LogP) is 1.95. The molecule has 1 aromatic heterocycles. The first kappa shape index (κ1) is 14.6. The lowest BCUT2D eigenvalue weighted by Crippen LogP contribution is -2.21. The van der Waals surface area contributed by atoms with Crippen molar-refractivity contribution in [3.8, 4) is 0 Å². The Morgan fingerprint density at radius 1 is 1.35 bits per heavy atom. The van der Waals surface area contributed by atoms with Crippen molar-refractivity contribution in [2.45, 2.75) is 13.1 Å². The smallest absolute Gasteiger partial charge is 0.128 e. The van der Waals surface area contributed by atoms with Gasteiger partial charge in [0.05, 0.1) is 19.7 Å². The summed E-state index contributed by atoms with van der Waals surface area (Å²) in [4.78, 5) is 4.21. The SMILES string of the molecule is COCCNCc1nccn1Cc1cc(F)ccc1F. The van der Waals surface area contributed by atoms with Crippen molar-refractivity contribution in [3.63, 3.8) is 0 Å². The van der Waals surface area contributed by atoms with Gasteiger partial charge in [-0.05, 0) is 18.2 Å². The number of nitrogens with zero attached hydrogens (tertiary/aromatic N) is 2. The largest absolute Gasteiger partial charge is 0.383 e. The molecule has 0 amide bonds. The number of halogens is 2. The van der Waals surface area contributed by atoms with Crippen molar-refractivity contribution < 1.29 is 13.5 Å². The van der Waals surface area contributed by atoms with Gasteiger partial charge in [0.15, 0.2) is 0 Å². The van der Waals surface area contributed by atoms with Crippen LogP contribution in [0.1, 0.15) is 11.4 Å². The molecular weight excluding hydrogens is 264 g/mol. The molecule has 2 aromatic rings. The number of benzene rings is 1. The second kappa shape index (κ2) is 7.12. The van der Waals surface area contributed by atoms with Crippen LogP contribution in [0.5, 0.6) is 0 Å². The number of methoxy groups -OCH3 is 1. The van der Waals surface area contributed by atoms with Crippen LogP contribution in [-0.2, 0) is 17.8 Å². The van der Waals surface area contributed by atoms with Crippen LogP contribution in [0.25, 0.3) is 0 Å². The monoisotopic (exact) mass is 281 g/mol. The van der Waals surface area contributed by atoms with Crippen LogP contribution in [0.3, 0.4) is 0 Å². The van der Waals surface area contributed by atoms with Gasteiger partial charge in [-0.2, -0.15) is 0 Å². The minimum atomic E-state index is -0.443. The third-order valence-corrected chi connectivity index (χ3v) is 2.92. The Kier molecular flexibility index (Phi) is 5.20. The fraction of sp³-hybridized carbons (Fsp3) is 0.357. The lowest BCUT2D eigenvalue weighted by molar-refractivity contribution is 0.199. The molecule has 0 aliphatic carbocycles. The molecular formula is C14H17F2N3O. The van der Waals surface area contributed by atoms with Crippen molar-refractivity contribution in [2.24, 2.45) is 0 Å². The number of ether oxygens (including phenoxy) is 1. The Balaban J connectivity index is 2.02. The number of imidazole rings is 1. The van der Waals surface area contributed by atoms with Gasteiger partial charge in [-0.15, -0.1) is 0 Å². The molecule has 1 N–H and O–H groups in total.